The van der Waals surface area contributed by atoms with Crippen molar-refractivity contribution in [1.82, 2.24) is 24.8 Å². The summed E-state index contributed by atoms with van der Waals surface area (Å²) in [6.07, 6.45) is 9.04. The summed E-state index contributed by atoms with van der Waals surface area (Å²) in [4.78, 5) is 20.8. The minimum absolute atomic E-state index is 0.0697. The number of nitrogens with one attached hydrogen (secondary N) is 1. The molecule has 0 aliphatic carbocycles. The van der Waals surface area contributed by atoms with Crippen molar-refractivity contribution in [3.8, 4) is 23.0 Å². The number of hydrogen-bond acceptors (Lipinski definition) is 8. The summed E-state index contributed by atoms with van der Waals surface area (Å²) in [6.45, 7) is 4.20. The minimum Gasteiger partial charge on any atom is -0.508 e. The highest BCUT2D eigenvalue weighted by atomic mass is 127. The van der Waals surface area contributed by atoms with Crippen molar-refractivity contribution in [2.24, 2.45) is 0 Å². The average molecular weight is 737 g/mol. The third-order valence-corrected chi connectivity index (χ3v) is 10.4. The number of aromatic hydroxyl groups is 1. The van der Waals surface area contributed by atoms with E-state index in [-0.39, 0.29) is 23.1 Å². The minimum atomic E-state index is -0.858. The van der Waals surface area contributed by atoms with Gasteiger partial charge in [-0.05, 0) is 113 Å². The van der Waals surface area contributed by atoms with Gasteiger partial charge < -0.3 is 15.2 Å². The Morgan fingerprint density at radius 1 is 1.17 bits per heavy atom. The number of phenols is 1. The number of benzene rings is 2. The van der Waals surface area contributed by atoms with Crippen molar-refractivity contribution in [1.29, 1.82) is 0 Å². The van der Waals surface area contributed by atoms with Gasteiger partial charge in [-0.2, -0.15) is 9.97 Å². The summed E-state index contributed by atoms with van der Waals surface area (Å²) < 4.78 is 36.5. The molecule has 0 radical (unpaired) electrons. The normalized spacial score (nSPS) is 19.6. The molecule has 0 saturated carbocycles. The van der Waals surface area contributed by atoms with Crippen molar-refractivity contribution in [3.05, 3.63) is 75.5 Å². The third kappa shape index (κ3) is 5.83. The molecule has 2 atom stereocenters. The van der Waals surface area contributed by atoms with Gasteiger partial charge in [-0.3, -0.25) is 14.9 Å². The maximum absolute atomic E-state index is 15.0. The van der Waals surface area contributed by atoms with E-state index in [1.165, 1.54) is 11.6 Å². The second-order valence-corrected chi connectivity index (χ2v) is 13.3. The molecule has 2 fully saturated rings. The van der Waals surface area contributed by atoms with E-state index in [0.717, 1.165) is 46.6 Å². The molecule has 5 aromatic rings. The topological polar surface area (TPSA) is 96.3 Å². The molecule has 3 aromatic heterocycles. The fourth-order valence-corrected chi connectivity index (χ4v) is 7.99. The van der Waals surface area contributed by atoms with E-state index in [9.17, 15) is 9.50 Å². The molecule has 11 heteroatoms. The van der Waals surface area contributed by atoms with Crippen LogP contribution in [0.3, 0.4) is 0 Å². The van der Waals surface area contributed by atoms with E-state index in [0.29, 0.717) is 66.1 Å². The molecule has 46 heavy (non-hydrogen) atoms. The second kappa shape index (κ2) is 12.8. The van der Waals surface area contributed by atoms with Crippen LogP contribution in [-0.4, -0.2) is 67.9 Å². The number of ether oxygens (including phenoxy) is 1. The van der Waals surface area contributed by atoms with Crippen molar-refractivity contribution in [2.45, 2.75) is 57.2 Å². The Morgan fingerprint density at radius 2 is 2.02 bits per heavy atom. The van der Waals surface area contributed by atoms with E-state index < -0.39 is 6.17 Å². The highest BCUT2D eigenvalue weighted by Gasteiger charge is 2.49. The Balaban J connectivity index is 1.28. The van der Waals surface area contributed by atoms with Crippen molar-refractivity contribution in [2.75, 3.05) is 31.6 Å². The van der Waals surface area contributed by atoms with Crippen LogP contribution in [0.4, 0.5) is 14.6 Å². The standard InChI is InChI=1S/C35H35F2IN6O2/c1-2-25-28(37)7-6-22-15-24(45)16-26(29(22)25)31-30(38)32-27(18-41-31)33(40-11-3-5-21-8-12-39-13-9-21)43-34(42-32)46-20-35-10-4-14-44(35)19-23(36)17-35/h6-9,12-13,15-16,18,23,45H,2-5,10-11,14,17,19-20H2,1H3,(H,40,42,43)/t23-,35+/m1/s1. The number of anilines is 1. The zero-order valence-corrected chi connectivity index (χ0v) is 27.7. The van der Waals surface area contributed by atoms with Crippen LogP contribution in [-0.2, 0) is 12.8 Å². The number of hydrogen-bond donors (Lipinski definition) is 2. The number of phenolic OH excluding ortho intramolecular Hbond substituents is 1. The molecular weight excluding hydrogens is 701 g/mol. The van der Waals surface area contributed by atoms with Gasteiger partial charge in [0, 0.05) is 43.7 Å². The van der Waals surface area contributed by atoms with Crippen LogP contribution in [0.15, 0.2) is 55.0 Å². The molecule has 238 valence electrons. The quantitative estimate of drug-likeness (QED) is 0.114. The lowest BCUT2D eigenvalue weighted by atomic mass is 9.94. The number of aromatic nitrogens is 4. The molecular formula is C35H35F2IN6O2. The first kappa shape index (κ1) is 30.9. The Morgan fingerprint density at radius 3 is 2.85 bits per heavy atom. The SMILES string of the molecule is CCc1c(F)ccc2cc(O)cc(-c3ncc4c(NCCCc5ccncc5)nc(OC[C@@]56CCCN5C[C@H](F)C6)nc4c3I)c12. The van der Waals surface area contributed by atoms with Crippen molar-refractivity contribution in [3.63, 3.8) is 0 Å². The van der Waals surface area contributed by atoms with Gasteiger partial charge >= 0.3 is 6.01 Å². The van der Waals surface area contributed by atoms with Crippen LogP contribution in [0.1, 0.15) is 43.7 Å². The Hall–Kier alpha value is -3.71. The zero-order valence-electron chi connectivity index (χ0n) is 25.6. The molecule has 2 aliphatic heterocycles. The smallest absolute Gasteiger partial charge is 0.319 e. The molecule has 8 nitrogen and oxygen atoms in total. The van der Waals surface area contributed by atoms with Crippen LogP contribution in [0.5, 0.6) is 11.8 Å². The maximum atomic E-state index is 15.0. The molecule has 2 aliphatic rings. The summed E-state index contributed by atoms with van der Waals surface area (Å²) >= 11 is 2.22. The fraction of sp³-hybridized carbons (Fsp3) is 0.371. The van der Waals surface area contributed by atoms with Crippen molar-refractivity contribution < 1.29 is 18.6 Å². The van der Waals surface area contributed by atoms with Gasteiger partial charge in [-0.1, -0.05) is 13.0 Å². The molecule has 7 rings (SSSR count). The predicted molar refractivity (Wildman–Crippen MR) is 184 cm³/mol. The van der Waals surface area contributed by atoms with Gasteiger partial charge in [0.15, 0.2) is 0 Å². The number of alkyl halides is 1. The van der Waals surface area contributed by atoms with Crippen LogP contribution >= 0.6 is 22.6 Å². The number of pyridine rings is 2. The Kier molecular flexibility index (Phi) is 8.62. The first-order valence-corrected chi connectivity index (χ1v) is 16.9. The van der Waals surface area contributed by atoms with Crippen LogP contribution in [0, 0.1) is 9.39 Å². The van der Waals surface area contributed by atoms with Gasteiger partial charge in [0.1, 0.15) is 30.2 Å². The van der Waals surface area contributed by atoms with E-state index >= 15 is 4.39 Å². The second-order valence-electron chi connectivity index (χ2n) is 12.3. The van der Waals surface area contributed by atoms with Gasteiger partial charge in [0.05, 0.1) is 25.7 Å². The first-order chi connectivity index (χ1) is 22.3. The largest absolute Gasteiger partial charge is 0.508 e. The van der Waals surface area contributed by atoms with Gasteiger partial charge in [0.2, 0.25) is 0 Å². The lowest BCUT2D eigenvalue weighted by molar-refractivity contribution is 0.107. The Bertz CT molecular complexity index is 1910. The summed E-state index contributed by atoms with van der Waals surface area (Å²) in [5.41, 5.74) is 3.28. The van der Waals surface area contributed by atoms with Gasteiger partial charge in [-0.15, -0.1) is 0 Å². The maximum Gasteiger partial charge on any atom is 0.319 e. The molecule has 2 aromatic carbocycles. The number of fused-ring (bicyclic) bond motifs is 3. The van der Waals surface area contributed by atoms with E-state index in [1.54, 1.807) is 36.8 Å². The number of aryl methyl sites for hydroxylation is 2. The third-order valence-electron chi connectivity index (χ3n) is 9.34. The summed E-state index contributed by atoms with van der Waals surface area (Å²) in [7, 11) is 0. The van der Waals surface area contributed by atoms with Crippen LogP contribution < -0.4 is 10.1 Å². The lowest BCUT2D eigenvalue weighted by Gasteiger charge is -2.30. The molecule has 0 unspecified atom stereocenters. The van der Waals surface area contributed by atoms with Crippen molar-refractivity contribution >= 4 is 50.1 Å². The lowest BCUT2D eigenvalue weighted by Crippen LogP contribution is -2.43. The summed E-state index contributed by atoms with van der Waals surface area (Å²) in [5, 5.41) is 16.3. The van der Waals surface area contributed by atoms with Crippen LogP contribution in [0.2, 0.25) is 0 Å². The zero-order chi connectivity index (χ0) is 31.8. The highest BCUT2D eigenvalue weighted by Crippen LogP contribution is 2.42. The van der Waals surface area contributed by atoms with Gasteiger partial charge in [-0.25, -0.2) is 8.78 Å². The summed E-state index contributed by atoms with van der Waals surface area (Å²) in [6, 6.07) is 10.6. The fourth-order valence-electron chi connectivity index (χ4n) is 7.15. The number of nitrogens with zero attached hydrogens (tertiary/aromatic N) is 5. The molecule has 2 saturated heterocycles. The summed E-state index contributed by atoms with van der Waals surface area (Å²) in [5.74, 6) is 0.375. The van der Waals surface area contributed by atoms with E-state index in [2.05, 4.69) is 37.8 Å². The molecule has 5 heterocycles. The molecule has 0 bridgehead atoms. The number of halogens is 3. The molecule has 0 spiro atoms. The van der Waals surface area contributed by atoms with Crippen LogP contribution in [0.25, 0.3) is 32.9 Å². The highest BCUT2D eigenvalue weighted by molar-refractivity contribution is 14.1. The first-order valence-electron chi connectivity index (χ1n) is 15.8. The van der Waals surface area contributed by atoms with E-state index in [1.807, 2.05) is 19.1 Å². The van der Waals surface area contributed by atoms with E-state index in [4.69, 9.17) is 19.7 Å². The Labute approximate surface area is 279 Å². The predicted octanol–water partition coefficient (Wildman–Crippen LogP) is 7.25. The number of rotatable bonds is 10. The average Bonchev–Trinajstić information content (AvgIpc) is 3.58. The monoisotopic (exact) mass is 736 g/mol. The van der Waals surface area contributed by atoms with Gasteiger partial charge in [0.25, 0.3) is 0 Å². The molecule has 2 N–H and O–H groups in total. The molecule has 0 amide bonds.